The molecule has 1 aromatic heterocycles. The fourth-order valence-corrected chi connectivity index (χ4v) is 4.48. The van der Waals surface area contributed by atoms with Crippen LogP contribution in [0.5, 0.6) is 0 Å². The molecule has 0 radical (unpaired) electrons. The zero-order chi connectivity index (χ0) is 13.3. The number of carbonyl (C=O) groups is 1. The Balaban J connectivity index is 2.83. The van der Waals surface area contributed by atoms with Gasteiger partial charge in [-0.05, 0) is 41.2 Å². The van der Waals surface area contributed by atoms with Gasteiger partial charge in [0.15, 0.2) is 0 Å². The maximum Gasteiger partial charge on any atom is 0.310 e. The smallest absolute Gasteiger partial charge is 0.310 e. The van der Waals surface area contributed by atoms with Gasteiger partial charge in [-0.25, -0.2) is 13.1 Å². The summed E-state index contributed by atoms with van der Waals surface area (Å²) < 4.78 is 26.6. The SMILES string of the molecule is CC(C)(CNS(=O)(=O)c1sccc1Br)C(=O)O. The van der Waals surface area contributed by atoms with Gasteiger partial charge in [0.05, 0.1) is 5.41 Å². The third-order valence-electron chi connectivity index (χ3n) is 2.11. The van der Waals surface area contributed by atoms with Crippen LogP contribution < -0.4 is 4.72 Å². The number of thiophene rings is 1. The molecule has 5 nitrogen and oxygen atoms in total. The summed E-state index contributed by atoms with van der Waals surface area (Å²) in [4.78, 5) is 10.8. The van der Waals surface area contributed by atoms with Gasteiger partial charge in [-0.2, -0.15) is 0 Å². The molecule has 96 valence electrons. The molecule has 1 heterocycles. The monoisotopic (exact) mass is 341 g/mol. The van der Waals surface area contributed by atoms with E-state index in [1.807, 2.05) is 0 Å². The van der Waals surface area contributed by atoms with Gasteiger partial charge in [0.1, 0.15) is 4.21 Å². The third kappa shape index (κ3) is 3.51. The Kier molecular flexibility index (Phi) is 4.34. The molecule has 0 bridgehead atoms. The number of hydrogen-bond acceptors (Lipinski definition) is 4. The lowest BCUT2D eigenvalue weighted by Gasteiger charge is -2.19. The fourth-order valence-electron chi connectivity index (χ4n) is 0.888. The molecule has 1 rings (SSSR count). The van der Waals surface area contributed by atoms with Gasteiger partial charge >= 0.3 is 5.97 Å². The molecule has 0 spiro atoms. The summed E-state index contributed by atoms with van der Waals surface area (Å²) in [6, 6.07) is 1.63. The van der Waals surface area contributed by atoms with Crippen molar-refractivity contribution in [1.82, 2.24) is 4.72 Å². The highest BCUT2D eigenvalue weighted by atomic mass is 79.9. The van der Waals surface area contributed by atoms with Crippen LogP contribution in [-0.4, -0.2) is 26.0 Å². The van der Waals surface area contributed by atoms with Crippen LogP contribution in [-0.2, 0) is 14.8 Å². The number of hydrogen-bond donors (Lipinski definition) is 2. The van der Waals surface area contributed by atoms with Gasteiger partial charge in [-0.1, -0.05) is 0 Å². The molecule has 0 amide bonds. The van der Waals surface area contributed by atoms with Gasteiger partial charge < -0.3 is 5.11 Å². The van der Waals surface area contributed by atoms with E-state index < -0.39 is 21.4 Å². The summed E-state index contributed by atoms with van der Waals surface area (Å²) in [5.74, 6) is -1.05. The fraction of sp³-hybridized carbons (Fsp3) is 0.444. The van der Waals surface area contributed by atoms with Crippen molar-refractivity contribution in [3.8, 4) is 0 Å². The van der Waals surface area contributed by atoms with Crippen LogP contribution in [0.2, 0.25) is 0 Å². The van der Waals surface area contributed by atoms with Gasteiger partial charge in [0.2, 0.25) is 0 Å². The molecule has 8 heteroatoms. The molecular weight excluding hydrogens is 330 g/mol. The quantitative estimate of drug-likeness (QED) is 0.856. The van der Waals surface area contributed by atoms with Crippen molar-refractivity contribution in [2.45, 2.75) is 18.1 Å². The minimum atomic E-state index is -3.66. The molecule has 0 atom stereocenters. The molecule has 0 unspecified atom stereocenters. The molecule has 0 aromatic carbocycles. The second-order valence-corrected chi connectivity index (χ2v) is 7.80. The largest absolute Gasteiger partial charge is 0.481 e. The molecule has 0 aliphatic rings. The number of carboxylic acid groups (broad SMARTS) is 1. The number of halogens is 1. The molecule has 0 saturated heterocycles. The van der Waals surface area contributed by atoms with E-state index in [9.17, 15) is 13.2 Å². The number of aliphatic carboxylic acids is 1. The second kappa shape index (κ2) is 5.05. The minimum Gasteiger partial charge on any atom is -0.481 e. The lowest BCUT2D eigenvalue weighted by Crippen LogP contribution is -2.38. The zero-order valence-electron chi connectivity index (χ0n) is 9.23. The topological polar surface area (TPSA) is 83.5 Å². The summed E-state index contributed by atoms with van der Waals surface area (Å²) in [6.45, 7) is 2.76. The van der Waals surface area contributed by atoms with Crippen molar-refractivity contribution < 1.29 is 18.3 Å². The van der Waals surface area contributed by atoms with E-state index in [2.05, 4.69) is 20.7 Å². The van der Waals surface area contributed by atoms with E-state index in [0.29, 0.717) is 4.47 Å². The van der Waals surface area contributed by atoms with Crippen LogP contribution in [0.3, 0.4) is 0 Å². The van der Waals surface area contributed by atoms with E-state index in [1.54, 1.807) is 11.4 Å². The molecule has 2 N–H and O–H groups in total. The van der Waals surface area contributed by atoms with Crippen LogP contribution in [0.1, 0.15) is 13.8 Å². The minimum absolute atomic E-state index is 0.152. The van der Waals surface area contributed by atoms with E-state index in [-0.39, 0.29) is 10.8 Å². The van der Waals surface area contributed by atoms with Crippen molar-refractivity contribution in [3.63, 3.8) is 0 Å². The average molecular weight is 342 g/mol. The standard InChI is InChI=1S/C9H12BrNO4S2/c1-9(2,8(12)13)5-11-17(14,15)7-6(10)3-4-16-7/h3-4,11H,5H2,1-2H3,(H,12,13). The molecule has 1 aromatic rings. The van der Waals surface area contributed by atoms with Gasteiger partial charge in [-0.15, -0.1) is 11.3 Å². The summed E-state index contributed by atoms with van der Waals surface area (Å²) in [5, 5.41) is 10.5. The van der Waals surface area contributed by atoms with Crippen LogP contribution in [0, 0.1) is 5.41 Å². The Morgan fingerprint density at radius 2 is 2.18 bits per heavy atom. The van der Waals surface area contributed by atoms with Crippen LogP contribution in [0.15, 0.2) is 20.1 Å². The van der Waals surface area contributed by atoms with Gasteiger partial charge in [0, 0.05) is 11.0 Å². The Morgan fingerprint density at radius 1 is 1.59 bits per heavy atom. The number of rotatable bonds is 5. The van der Waals surface area contributed by atoms with Gasteiger partial charge in [0.25, 0.3) is 10.0 Å². The first-order chi connectivity index (χ1) is 7.67. The average Bonchev–Trinajstić information content (AvgIpc) is 2.62. The van der Waals surface area contributed by atoms with E-state index in [0.717, 1.165) is 11.3 Å². The maximum absolute atomic E-state index is 11.9. The van der Waals surface area contributed by atoms with Crippen LogP contribution in [0.25, 0.3) is 0 Å². The molecule has 0 fully saturated rings. The molecule has 17 heavy (non-hydrogen) atoms. The molecular formula is C9H12BrNO4S2. The van der Waals surface area contributed by atoms with E-state index in [4.69, 9.17) is 5.11 Å². The zero-order valence-corrected chi connectivity index (χ0v) is 12.4. The first-order valence-electron chi connectivity index (χ1n) is 4.63. The highest BCUT2D eigenvalue weighted by Gasteiger charge is 2.30. The molecule has 0 aliphatic heterocycles. The summed E-state index contributed by atoms with van der Waals surface area (Å²) in [7, 11) is -3.66. The summed E-state index contributed by atoms with van der Waals surface area (Å²) >= 11 is 4.20. The molecule has 0 saturated carbocycles. The third-order valence-corrected chi connectivity index (χ3v) is 6.18. The van der Waals surface area contributed by atoms with Crippen molar-refractivity contribution >= 4 is 43.3 Å². The predicted molar refractivity (Wildman–Crippen MR) is 68.6 cm³/mol. The predicted octanol–water partition coefficient (Wildman–Crippen LogP) is 1.90. The first kappa shape index (κ1) is 14.6. The number of carboxylic acids is 1. The second-order valence-electron chi connectivity index (χ2n) is 4.07. The van der Waals surface area contributed by atoms with Crippen molar-refractivity contribution in [2.24, 2.45) is 5.41 Å². The highest BCUT2D eigenvalue weighted by molar-refractivity contribution is 9.10. The Labute approximate surface area is 112 Å². The lowest BCUT2D eigenvalue weighted by atomic mass is 9.95. The summed E-state index contributed by atoms with van der Waals surface area (Å²) in [6.07, 6.45) is 0. The van der Waals surface area contributed by atoms with Crippen molar-refractivity contribution in [1.29, 1.82) is 0 Å². The van der Waals surface area contributed by atoms with Crippen LogP contribution in [0.4, 0.5) is 0 Å². The maximum atomic E-state index is 11.9. The first-order valence-corrected chi connectivity index (χ1v) is 7.78. The summed E-state index contributed by atoms with van der Waals surface area (Å²) in [5.41, 5.74) is -1.14. The Hall–Kier alpha value is -0.440. The lowest BCUT2D eigenvalue weighted by molar-refractivity contribution is -0.146. The number of sulfonamides is 1. The number of nitrogens with one attached hydrogen (secondary N) is 1. The van der Waals surface area contributed by atoms with Crippen LogP contribution >= 0.6 is 27.3 Å². The van der Waals surface area contributed by atoms with E-state index in [1.165, 1.54) is 13.8 Å². The normalized spacial score (nSPS) is 12.6. The van der Waals surface area contributed by atoms with Crippen molar-refractivity contribution in [2.75, 3.05) is 6.54 Å². The Morgan fingerprint density at radius 3 is 2.59 bits per heavy atom. The van der Waals surface area contributed by atoms with Crippen molar-refractivity contribution in [3.05, 3.63) is 15.9 Å². The Bertz CT molecular complexity index is 521. The van der Waals surface area contributed by atoms with Gasteiger partial charge in [-0.3, -0.25) is 4.79 Å². The highest BCUT2D eigenvalue weighted by Crippen LogP contribution is 2.27. The molecule has 0 aliphatic carbocycles. The van der Waals surface area contributed by atoms with E-state index >= 15 is 0 Å².